The molecule has 0 aromatic carbocycles. The zero-order valence-electron chi connectivity index (χ0n) is 3.99. The van der Waals surface area contributed by atoms with Crippen molar-refractivity contribution >= 4 is 0 Å². The van der Waals surface area contributed by atoms with Crippen molar-refractivity contribution in [2.24, 2.45) is 0 Å². The van der Waals surface area contributed by atoms with E-state index in [1.807, 2.05) is 13.0 Å². The molecule has 0 atom stereocenters. The van der Waals surface area contributed by atoms with Gasteiger partial charge in [-0.15, -0.1) is 0 Å². The molecular weight excluding hydrogens is 72.1 g/mol. The highest BCUT2D eigenvalue weighted by atomic mass is 13.6. The number of hydrogen-bond acceptors (Lipinski definition) is 0. The fourth-order valence-corrected chi connectivity index (χ4v) is 0.174. The normalized spacial score (nSPS) is 9.50. The number of hydrogen-bond donors (Lipinski definition) is 0. The van der Waals surface area contributed by atoms with E-state index in [4.69, 9.17) is 0 Å². The van der Waals surface area contributed by atoms with Crippen LogP contribution in [0.2, 0.25) is 0 Å². The molecule has 0 saturated heterocycles. The van der Waals surface area contributed by atoms with Gasteiger partial charge >= 0.3 is 0 Å². The first-order valence-corrected chi connectivity index (χ1v) is 1.90. The highest BCUT2D eigenvalue weighted by Crippen LogP contribution is 1.76. The SMILES string of the molecule is C=[C]C/C=[C]/C. The average Bonchev–Trinajstić information content (AvgIpc) is 1.61. The Morgan fingerprint density at radius 1 is 1.83 bits per heavy atom. The van der Waals surface area contributed by atoms with Crippen LogP contribution in [0.4, 0.5) is 0 Å². The van der Waals surface area contributed by atoms with Crippen LogP contribution in [0.1, 0.15) is 13.3 Å². The summed E-state index contributed by atoms with van der Waals surface area (Å²) < 4.78 is 0. The first-order valence-electron chi connectivity index (χ1n) is 1.90. The molecule has 0 fully saturated rings. The summed E-state index contributed by atoms with van der Waals surface area (Å²) in [6, 6.07) is 0. The molecule has 0 rings (SSSR count). The molecule has 0 N–H and O–H groups in total. The Morgan fingerprint density at radius 3 is 2.67 bits per heavy atom. The molecule has 32 valence electrons. The van der Waals surface area contributed by atoms with Crippen LogP contribution in [-0.2, 0) is 0 Å². The van der Waals surface area contributed by atoms with Crippen LogP contribution in [0.25, 0.3) is 0 Å². The summed E-state index contributed by atoms with van der Waals surface area (Å²) in [7, 11) is 0. The van der Waals surface area contributed by atoms with E-state index in [1.165, 1.54) is 0 Å². The van der Waals surface area contributed by atoms with Crippen molar-refractivity contribution < 1.29 is 0 Å². The monoisotopic (exact) mass is 80.1 g/mol. The fourth-order valence-electron chi connectivity index (χ4n) is 0.174. The lowest BCUT2D eigenvalue weighted by molar-refractivity contribution is 1.33. The Kier molecular flexibility index (Phi) is 4.09. The van der Waals surface area contributed by atoms with Crippen molar-refractivity contribution in [3.8, 4) is 0 Å². The van der Waals surface area contributed by atoms with Crippen molar-refractivity contribution in [2.45, 2.75) is 13.3 Å². The molecule has 0 nitrogen and oxygen atoms in total. The molecule has 0 aliphatic rings. The minimum atomic E-state index is 0.816. The zero-order valence-corrected chi connectivity index (χ0v) is 3.99. The molecule has 0 heteroatoms. The average molecular weight is 80.1 g/mol. The molecule has 2 radical (unpaired) electrons. The van der Waals surface area contributed by atoms with E-state index in [2.05, 4.69) is 18.7 Å². The molecule has 6 heavy (non-hydrogen) atoms. The predicted octanol–water partition coefficient (Wildman–Crippen LogP) is 1.74. The second kappa shape index (κ2) is 4.48. The van der Waals surface area contributed by atoms with E-state index >= 15 is 0 Å². The number of allylic oxidation sites excluding steroid dienone is 3. The van der Waals surface area contributed by atoms with Crippen molar-refractivity contribution in [3.63, 3.8) is 0 Å². The maximum atomic E-state index is 3.40. The summed E-state index contributed by atoms with van der Waals surface area (Å²) in [5.41, 5.74) is 0. The van der Waals surface area contributed by atoms with Gasteiger partial charge in [0, 0.05) is 0 Å². The molecule has 0 aliphatic carbocycles. The fraction of sp³-hybridized carbons (Fsp3) is 0.333. The highest BCUT2D eigenvalue weighted by molar-refractivity contribution is 4.75. The maximum absolute atomic E-state index is 3.40. The summed E-state index contributed by atoms with van der Waals surface area (Å²) in [5, 5.41) is 0. The summed E-state index contributed by atoms with van der Waals surface area (Å²) >= 11 is 0. The molecule has 0 aromatic rings. The van der Waals surface area contributed by atoms with E-state index in [9.17, 15) is 0 Å². The van der Waals surface area contributed by atoms with Crippen LogP contribution in [0.15, 0.2) is 12.7 Å². The third-order valence-corrected chi connectivity index (χ3v) is 0.451. The van der Waals surface area contributed by atoms with Gasteiger partial charge in [-0.3, -0.25) is 0 Å². The lowest BCUT2D eigenvalue weighted by atomic mass is 10.4. The summed E-state index contributed by atoms with van der Waals surface area (Å²) in [4.78, 5) is 0. The third kappa shape index (κ3) is 3.48. The van der Waals surface area contributed by atoms with Gasteiger partial charge in [0.1, 0.15) is 0 Å². The van der Waals surface area contributed by atoms with Crippen molar-refractivity contribution in [1.29, 1.82) is 0 Å². The van der Waals surface area contributed by atoms with Gasteiger partial charge in [-0.05, 0) is 19.4 Å². The van der Waals surface area contributed by atoms with E-state index in [1.54, 1.807) is 0 Å². The topological polar surface area (TPSA) is 0 Å². The molecule has 0 saturated carbocycles. The quantitative estimate of drug-likeness (QED) is 0.474. The van der Waals surface area contributed by atoms with Crippen LogP contribution in [-0.4, -0.2) is 0 Å². The third-order valence-electron chi connectivity index (χ3n) is 0.451. The van der Waals surface area contributed by atoms with Gasteiger partial charge in [0.05, 0.1) is 0 Å². The zero-order chi connectivity index (χ0) is 4.83. The highest BCUT2D eigenvalue weighted by Gasteiger charge is 1.59. The molecule has 0 heterocycles. The summed E-state index contributed by atoms with van der Waals surface area (Å²) in [6.45, 7) is 5.26. The lowest BCUT2D eigenvalue weighted by Crippen LogP contribution is -1.50. The lowest BCUT2D eigenvalue weighted by Gasteiger charge is -1.68. The van der Waals surface area contributed by atoms with Crippen LogP contribution in [0, 0.1) is 12.2 Å². The van der Waals surface area contributed by atoms with E-state index < -0.39 is 0 Å². The molecular formula is C6H8. The van der Waals surface area contributed by atoms with Crippen molar-refractivity contribution in [1.82, 2.24) is 0 Å². The summed E-state index contributed by atoms with van der Waals surface area (Å²) in [6.07, 6.45) is 8.24. The smallest absolute Gasteiger partial charge is 0.00949 e. The Bertz CT molecular complexity index is 51.1. The second-order valence-corrected chi connectivity index (χ2v) is 0.947. The van der Waals surface area contributed by atoms with Gasteiger partial charge < -0.3 is 0 Å². The molecule has 0 amide bonds. The molecule has 0 bridgehead atoms. The van der Waals surface area contributed by atoms with Gasteiger partial charge in [-0.2, -0.15) is 0 Å². The van der Waals surface area contributed by atoms with Crippen molar-refractivity contribution in [3.05, 3.63) is 24.8 Å². The van der Waals surface area contributed by atoms with Crippen LogP contribution >= 0.6 is 0 Å². The first kappa shape index (κ1) is 5.48. The predicted molar refractivity (Wildman–Crippen MR) is 27.0 cm³/mol. The van der Waals surface area contributed by atoms with Gasteiger partial charge in [-0.1, -0.05) is 18.7 Å². The van der Waals surface area contributed by atoms with Crippen LogP contribution < -0.4 is 0 Å². The largest absolute Gasteiger partial charge is 0.0953 e. The molecule has 0 aliphatic heterocycles. The first-order chi connectivity index (χ1) is 2.91. The Hall–Kier alpha value is -0.520. The maximum Gasteiger partial charge on any atom is -0.00949 e. The molecule has 0 unspecified atom stereocenters. The standard InChI is InChI=1S/C6H8/c1-3-5-6-4-2/h6H,1,5H2,2H3. The van der Waals surface area contributed by atoms with Crippen molar-refractivity contribution in [2.75, 3.05) is 0 Å². The minimum Gasteiger partial charge on any atom is -0.0953 e. The van der Waals surface area contributed by atoms with E-state index in [0.29, 0.717) is 0 Å². The van der Waals surface area contributed by atoms with E-state index in [-0.39, 0.29) is 0 Å². The van der Waals surface area contributed by atoms with Gasteiger partial charge in [0.25, 0.3) is 0 Å². The Balaban J connectivity index is 2.85. The summed E-state index contributed by atoms with van der Waals surface area (Å²) in [5.74, 6) is 0. The Labute approximate surface area is 39.2 Å². The van der Waals surface area contributed by atoms with Gasteiger partial charge in [0.15, 0.2) is 0 Å². The van der Waals surface area contributed by atoms with Gasteiger partial charge in [0.2, 0.25) is 0 Å². The number of rotatable bonds is 2. The molecule has 0 spiro atoms. The Morgan fingerprint density at radius 2 is 2.50 bits per heavy atom. The van der Waals surface area contributed by atoms with E-state index in [0.717, 1.165) is 6.42 Å². The van der Waals surface area contributed by atoms with Crippen LogP contribution in [0.5, 0.6) is 0 Å². The second-order valence-electron chi connectivity index (χ2n) is 0.947. The molecule has 0 aromatic heterocycles. The van der Waals surface area contributed by atoms with Crippen LogP contribution in [0.3, 0.4) is 0 Å². The minimum absolute atomic E-state index is 0.816. The van der Waals surface area contributed by atoms with Gasteiger partial charge in [-0.25, -0.2) is 0 Å².